The lowest BCUT2D eigenvalue weighted by atomic mass is 9.83. The summed E-state index contributed by atoms with van der Waals surface area (Å²) in [6.45, 7) is 40.6. The molecule has 0 saturated carbocycles. The lowest BCUT2D eigenvalue weighted by molar-refractivity contribution is -0.134. The molecular weight excluding hydrogens is 1540 g/mol. The van der Waals surface area contributed by atoms with E-state index in [1.807, 2.05) is 172 Å². The molecule has 0 aliphatic carbocycles. The van der Waals surface area contributed by atoms with Crippen LogP contribution < -0.4 is 16.0 Å². The Kier molecular flexibility index (Phi) is 69.3. The van der Waals surface area contributed by atoms with Gasteiger partial charge in [-0.2, -0.15) is 58.8 Å². The molecule has 10 unspecified atom stereocenters. The molecule has 0 bridgehead atoms. The van der Waals surface area contributed by atoms with Crippen molar-refractivity contribution in [2.24, 2.45) is 88.8 Å². The van der Waals surface area contributed by atoms with Crippen molar-refractivity contribution in [1.82, 2.24) is 16.0 Å². The van der Waals surface area contributed by atoms with Crippen LogP contribution in [-0.2, 0) is 78.3 Å². The van der Waals surface area contributed by atoms with Crippen LogP contribution in [0.1, 0.15) is 280 Å². The number of unbranched alkanes of at least 4 members (excludes halogenated alkanes) is 2. The second kappa shape index (κ2) is 68.2. The lowest BCUT2D eigenvalue weighted by Crippen LogP contribution is -2.46. The summed E-state index contributed by atoms with van der Waals surface area (Å²) < 4.78 is 0. The van der Waals surface area contributed by atoms with Crippen molar-refractivity contribution in [3.63, 3.8) is 0 Å². The normalized spacial score (nSPS) is 13.9. The Labute approximate surface area is 712 Å². The molecule has 23 heteroatoms. The summed E-state index contributed by atoms with van der Waals surface area (Å²) >= 11 is 8.31. The van der Waals surface area contributed by atoms with Crippen LogP contribution in [0.3, 0.4) is 0 Å². The largest absolute Gasteiger partial charge is 0.346 e. The second-order valence-corrected chi connectivity index (χ2v) is 38.6. The van der Waals surface area contributed by atoms with Crippen molar-refractivity contribution in [3.05, 3.63) is 35.9 Å². The average molecular weight is 1690 g/mol. The SMILES string of the molecule is CCCCCC(CC(C)=O)C(=O)C(C)C.CSCCC(CC(C)=O)C(=O)C(C)C.CSCCC(CC(C)=O)C(=O)NC(CC(C)C)C(=O)C(C)C.CSCCC(CC(C)=O)C(=O)NC(CC(C)C)C(=O)CC(CCSC)C(=O)C(C)C.CSCCC(CC(C)=O)C(=O)NC(CC(C)C)C(=O)CC(Cc1ccccc1)C(=O)C(C)C. The number of thioether (sulfide) groups is 5. The van der Waals surface area contributed by atoms with E-state index in [0.717, 1.165) is 66.4 Å². The molecule has 0 aromatic heterocycles. The minimum absolute atomic E-state index is 0.0110. The standard InChI is InChI=1S/C27H41NO4S.C23H41NO4S2.C17H31NO3S.C13H24O2.C11H20O2S/c1-18(2)14-24(28-27(32)22(12-13-33-6)15-20(5)29)25(30)17-23(26(31)19(3)4)16-21-10-8-7-9-11-21;1-15(2)12-20(24-23(28)19(9-11-30-7)13-17(5)25)21(26)14-18(8-10-29-6)22(27)16(3)4;1-11(2)9-15(16(20)12(3)4)18-17(21)14(7-8-22-6)10-13(5)19;1-5-6-7-8-12(9-11(4)14)13(15)10(2)3;1-8(2)11(13)10(5-6-14-4)7-9(3)12/h7-11,18-19,22-24H,12-17H2,1-6H3,(H,28,32);15-16,18-20H,8-14H2,1-7H3,(H,24,28);11-12,14-15H,7-10H2,1-6H3,(H,18,21);10,12H,5-9H2,1-4H3;8,10H,5-7H2,1-4H3. The Morgan fingerprint density at radius 1 is 0.298 bits per heavy atom. The number of hydrogen-bond donors (Lipinski definition) is 3. The fourth-order valence-corrected chi connectivity index (χ4v) is 15.6. The van der Waals surface area contributed by atoms with Gasteiger partial charge in [-0.15, -0.1) is 0 Å². The van der Waals surface area contributed by atoms with Crippen molar-refractivity contribution in [2.75, 3.05) is 60.0 Å². The number of rotatable bonds is 59. The molecule has 3 amide bonds. The van der Waals surface area contributed by atoms with E-state index < -0.39 is 35.9 Å². The first-order valence-electron chi connectivity index (χ1n) is 41.8. The maximum Gasteiger partial charge on any atom is 0.224 e. The minimum Gasteiger partial charge on any atom is -0.346 e. The van der Waals surface area contributed by atoms with Crippen LogP contribution in [0.2, 0.25) is 0 Å². The summed E-state index contributed by atoms with van der Waals surface area (Å²) in [6, 6.07) is 8.01. The predicted molar refractivity (Wildman–Crippen MR) is 483 cm³/mol. The third-order valence-corrected chi connectivity index (χ3v) is 22.4. The highest BCUT2D eigenvalue weighted by Crippen LogP contribution is 2.27. The first-order valence-corrected chi connectivity index (χ1v) is 48.8. The van der Waals surface area contributed by atoms with Gasteiger partial charge in [-0.1, -0.05) is 167 Å². The summed E-state index contributed by atoms with van der Waals surface area (Å²) in [5.74, 6) is 2.72. The van der Waals surface area contributed by atoms with Crippen molar-refractivity contribution >= 4 is 146 Å². The number of Topliss-reactive ketones (excluding diaryl/α,β-unsaturated/α-hetero) is 12. The fourth-order valence-electron chi connectivity index (χ4n) is 13.0. The minimum atomic E-state index is -0.653. The molecule has 1 aromatic rings. The first-order chi connectivity index (χ1) is 53.2. The molecule has 656 valence electrons. The van der Waals surface area contributed by atoms with E-state index >= 15 is 0 Å². The van der Waals surface area contributed by atoms with Gasteiger partial charge in [-0.05, 0) is 182 Å². The van der Waals surface area contributed by atoms with Crippen molar-refractivity contribution in [1.29, 1.82) is 0 Å². The van der Waals surface area contributed by atoms with Gasteiger partial charge in [-0.3, -0.25) is 47.9 Å². The topological polar surface area (TPSA) is 292 Å². The van der Waals surface area contributed by atoms with Gasteiger partial charge in [0, 0.05) is 116 Å². The van der Waals surface area contributed by atoms with E-state index in [9.17, 15) is 71.9 Å². The molecule has 0 saturated heterocycles. The number of ketones is 12. The zero-order valence-electron chi connectivity index (χ0n) is 75.6. The van der Waals surface area contributed by atoms with Crippen molar-refractivity contribution in [2.45, 2.75) is 299 Å². The quantitative estimate of drug-likeness (QED) is 0.0511. The number of carbonyl (C=O) groups is 15. The van der Waals surface area contributed by atoms with Gasteiger partial charge in [0.2, 0.25) is 17.7 Å². The molecule has 0 spiro atoms. The van der Waals surface area contributed by atoms with Gasteiger partial charge < -0.3 is 39.9 Å². The Morgan fingerprint density at radius 2 is 0.544 bits per heavy atom. The Hall–Kier alpha value is -4.58. The van der Waals surface area contributed by atoms with E-state index in [2.05, 4.69) is 22.9 Å². The van der Waals surface area contributed by atoms with Gasteiger partial charge in [0.15, 0.2) is 17.3 Å². The molecule has 0 aliphatic rings. The van der Waals surface area contributed by atoms with Gasteiger partial charge in [0.25, 0.3) is 0 Å². The van der Waals surface area contributed by atoms with E-state index in [1.54, 1.807) is 72.7 Å². The first kappa shape index (κ1) is 116. The summed E-state index contributed by atoms with van der Waals surface area (Å²) in [5, 5.41) is 8.76. The van der Waals surface area contributed by atoms with Gasteiger partial charge in [0.1, 0.15) is 52.0 Å². The van der Waals surface area contributed by atoms with E-state index in [0.29, 0.717) is 70.1 Å². The highest BCUT2D eigenvalue weighted by Gasteiger charge is 2.35. The third kappa shape index (κ3) is 58.3. The van der Waals surface area contributed by atoms with E-state index in [4.69, 9.17) is 0 Å². The fraction of sp³-hybridized carbons (Fsp3) is 0.769. The summed E-state index contributed by atoms with van der Waals surface area (Å²) in [7, 11) is 0. The van der Waals surface area contributed by atoms with Gasteiger partial charge in [0.05, 0.1) is 18.1 Å². The maximum absolute atomic E-state index is 13.4. The van der Waals surface area contributed by atoms with Crippen molar-refractivity contribution < 1.29 is 71.9 Å². The summed E-state index contributed by atoms with van der Waals surface area (Å²) in [6.07, 6.45) is 21.5. The van der Waals surface area contributed by atoms with Crippen LogP contribution in [0.15, 0.2) is 30.3 Å². The molecule has 0 heterocycles. The van der Waals surface area contributed by atoms with Crippen LogP contribution in [0.5, 0.6) is 0 Å². The number of benzene rings is 1. The summed E-state index contributed by atoms with van der Waals surface area (Å²) in [4.78, 5) is 183. The van der Waals surface area contributed by atoms with E-state index in [-0.39, 0.29) is 184 Å². The van der Waals surface area contributed by atoms with Gasteiger partial charge in [-0.25, -0.2) is 0 Å². The Bertz CT molecular complexity index is 2990. The molecule has 10 atom stereocenters. The van der Waals surface area contributed by atoms with Crippen LogP contribution in [0.25, 0.3) is 0 Å². The second-order valence-electron chi connectivity index (χ2n) is 33.7. The monoisotopic (exact) mass is 1690 g/mol. The number of nitrogens with one attached hydrogen (secondary N) is 3. The van der Waals surface area contributed by atoms with Crippen LogP contribution >= 0.6 is 58.8 Å². The van der Waals surface area contributed by atoms with Crippen molar-refractivity contribution in [3.8, 4) is 0 Å². The predicted octanol–water partition coefficient (Wildman–Crippen LogP) is 18.4. The highest BCUT2D eigenvalue weighted by atomic mass is 32.2. The van der Waals surface area contributed by atoms with Crippen LogP contribution in [0.4, 0.5) is 0 Å². The Balaban J connectivity index is -0.000000689. The number of carbonyl (C=O) groups excluding carboxylic acids is 15. The van der Waals surface area contributed by atoms with Crippen LogP contribution in [0, 0.1) is 88.8 Å². The Morgan fingerprint density at radius 3 is 0.816 bits per heavy atom. The lowest BCUT2D eigenvalue weighted by Gasteiger charge is -2.25. The number of hydrogen-bond acceptors (Lipinski definition) is 20. The smallest absolute Gasteiger partial charge is 0.224 e. The van der Waals surface area contributed by atoms with E-state index in [1.165, 1.54) is 20.8 Å². The molecule has 1 rings (SSSR count). The summed E-state index contributed by atoms with van der Waals surface area (Å²) in [5.41, 5.74) is 1.02. The molecule has 114 heavy (non-hydrogen) atoms. The molecule has 0 fully saturated rings. The van der Waals surface area contributed by atoms with Gasteiger partial charge >= 0.3 is 0 Å². The zero-order valence-corrected chi connectivity index (χ0v) is 79.7. The molecule has 0 radical (unpaired) electrons. The maximum atomic E-state index is 13.4. The average Bonchev–Trinajstić information content (AvgIpc) is 0.863. The molecule has 0 aliphatic heterocycles. The highest BCUT2D eigenvalue weighted by molar-refractivity contribution is 7.99. The number of amides is 3. The third-order valence-electron chi connectivity index (χ3n) is 19.2. The molecular formula is C91H157N3O15S5. The molecule has 1 aromatic carbocycles. The van der Waals surface area contributed by atoms with Crippen LogP contribution in [-0.4, -0.2) is 165 Å². The zero-order chi connectivity index (χ0) is 88.5. The molecule has 18 nitrogen and oxygen atoms in total. The molecule has 3 N–H and O–H groups in total.